The molecule has 0 aliphatic heterocycles. The molecule has 0 bridgehead atoms. The van der Waals surface area contributed by atoms with Gasteiger partial charge in [-0.1, -0.05) is 37.8 Å². The number of nitrogens with zero attached hydrogens (tertiary/aromatic N) is 1. The number of aromatic nitrogens is 1. The summed E-state index contributed by atoms with van der Waals surface area (Å²) in [5.74, 6) is -0.146. The highest BCUT2D eigenvalue weighted by molar-refractivity contribution is 7.16. The third-order valence-corrected chi connectivity index (χ3v) is 2.96. The largest absolute Gasteiger partial charge is 0.314 e. The van der Waals surface area contributed by atoms with Gasteiger partial charge in [-0.3, -0.25) is 9.59 Å². The maximum Gasteiger partial charge on any atom is 0.314 e. The van der Waals surface area contributed by atoms with Crippen molar-refractivity contribution in [2.24, 2.45) is 0 Å². The van der Waals surface area contributed by atoms with Crippen LogP contribution in [-0.4, -0.2) is 10.5 Å². The topological polar surface area (TPSA) is 39.1 Å². The number of thiazole rings is 1. The Kier molecular flexibility index (Phi) is 3.42. The maximum absolute atomic E-state index is 11.5. The quantitative estimate of drug-likeness (QED) is 0.745. The second-order valence-corrected chi connectivity index (χ2v) is 3.91. The molecular weight excluding hydrogens is 210 g/mol. The normalized spacial score (nSPS) is 9.93. The van der Waals surface area contributed by atoms with Gasteiger partial charge >= 0.3 is 4.87 Å². The Morgan fingerprint density at radius 2 is 2.07 bits per heavy atom. The molecule has 1 aromatic heterocycles. The van der Waals surface area contributed by atoms with Gasteiger partial charge in [0.05, 0.1) is 10.2 Å². The lowest BCUT2D eigenvalue weighted by molar-refractivity contribution is 0.0911. The number of fused-ring (bicyclic) bond motifs is 1. The summed E-state index contributed by atoms with van der Waals surface area (Å²) >= 11 is 1.11. The molecular formula is C11H13NO2S. The highest BCUT2D eigenvalue weighted by atomic mass is 32.1. The predicted octanol–water partition coefficient (Wildman–Crippen LogP) is 2.75. The van der Waals surface area contributed by atoms with Gasteiger partial charge in [-0.05, 0) is 12.1 Å². The molecule has 0 saturated heterocycles. The second-order valence-electron chi connectivity index (χ2n) is 2.92. The first kappa shape index (κ1) is 11.7. The van der Waals surface area contributed by atoms with Gasteiger partial charge in [0, 0.05) is 6.42 Å². The van der Waals surface area contributed by atoms with Crippen LogP contribution in [0.2, 0.25) is 0 Å². The van der Waals surface area contributed by atoms with E-state index in [1.165, 1.54) is 4.57 Å². The molecule has 15 heavy (non-hydrogen) atoms. The molecule has 0 spiro atoms. The minimum atomic E-state index is -0.196. The molecule has 0 aliphatic carbocycles. The molecule has 2 aromatic rings. The van der Waals surface area contributed by atoms with Crippen LogP contribution in [0.1, 0.15) is 25.6 Å². The van der Waals surface area contributed by atoms with Crippen LogP contribution in [0.5, 0.6) is 0 Å². The predicted molar refractivity (Wildman–Crippen MR) is 63.7 cm³/mol. The zero-order valence-corrected chi connectivity index (χ0v) is 8.50. The van der Waals surface area contributed by atoms with Crippen molar-refractivity contribution in [1.82, 2.24) is 4.57 Å². The van der Waals surface area contributed by atoms with Crippen LogP contribution in [-0.2, 0) is 0 Å². The highest BCUT2D eigenvalue weighted by Crippen LogP contribution is 2.16. The summed E-state index contributed by atoms with van der Waals surface area (Å²) in [6, 6.07) is 7.33. The molecule has 1 heterocycles. The van der Waals surface area contributed by atoms with E-state index in [2.05, 4.69) is 0 Å². The summed E-state index contributed by atoms with van der Waals surface area (Å²) in [4.78, 5) is 22.8. The Bertz CT molecular complexity index is 539. The van der Waals surface area contributed by atoms with E-state index in [1.807, 2.05) is 18.2 Å². The van der Waals surface area contributed by atoms with Crippen molar-refractivity contribution in [2.45, 2.75) is 20.8 Å². The van der Waals surface area contributed by atoms with Gasteiger partial charge in [0.15, 0.2) is 0 Å². The lowest BCUT2D eigenvalue weighted by atomic mass is 10.3. The Hall–Kier alpha value is -1.42. The fourth-order valence-corrected chi connectivity index (χ4v) is 2.25. The highest BCUT2D eigenvalue weighted by Gasteiger charge is 2.11. The molecule has 0 aliphatic rings. The van der Waals surface area contributed by atoms with Gasteiger partial charge in [0.25, 0.3) is 0 Å². The van der Waals surface area contributed by atoms with Crippen LogP contribution in [0.3, 0.4) is 0 Å². The molecule has 4 heteroatoms. The lowest BCUT2D eigenvalue weighted by Crippen LogP contribution is -2.20. The van der Waals surface area contributed by atoms with Gasteiger partial charge in [0.2, 0.25) is 5.91 Å². The fraction of sp³-hybridized carbons (Fsp3) is 0.273. The van der Waals surface area contributed by atoms with E-state index < -0.39 is 0 Å². The zero-order valence-electron chi connectivity index (χ0n) is 7.69. The van der Waals surface area contributed by atoms with Crippen LogP contribution in [0, 0.1) is 0 Å². The number of carbonyl (C=O) groups is 1. The molecule has 80 valence electrons. The average molecular weight is 223 g/mol. The van der Waals surface area contributed by atoms with Gasteiger partial charge in [0.1, 0.15) is 0 Å². The Balaban J connectivity index is 0.00000112. The van der Waals surface area contributed by atoms with Crippen LogP contribution in [0.4, 0.5) is 0 Å². The summed E-state index contributed by atoms with van der Waals surface area (Å²) in [5, 5.41) is 0. The third-order valence-electron chi connectivity index (χ3n) is 2.04. The SMILES string of the molecule is C.CCC(=O)n1c(=O)sc2ccccc21. The lowest BCUT2D eigenvalue weighted by Gasteiger charge is -1.97. The maximum atomic E-state index is 11.5. The van der Waals surface area contributed by atoms with Gasteiger partial charge in [-0.25, -0.2) is 4.57 Å². The van der Waals surface area contributed by atoms with Crippen LogP contribution < -0.4 is 4.87 Å². The smallest absolute Gasteiger partial charge is 0.274 e. The molecule has 0 radical (unpaired) electrons. The average Bonchev–Trinajstić information content (AvgIpc) is 2.53. The third kappa shape index (κ3) is 1.85. The van der Waals surface area contributed by atoms with Crippen molar-refractivity contribution in [3.63, 3.8) is 0 Å². The first-order valence-electron chi connectivity index (χ1n) is 4.38. The number of benzene rings is 1. The van der Waals surface area contributed by atoms with E-state index in [1.54, 1.807) is 13.0 Å². The summed E-state index contributed by atoms with van der Waals surface area (Å²) < 4.78 is 2.11. The molecule has 3 nitrogen and oxygen atoms in total. The van der Waals surface area contributed by atoms with Crippen LogP contribution in [0.15, 0.2) is 29.1 Å². The number of para-hydroxylation sites is 1. The molecule has 0 saturated carbocycles. The minimum absolute atomic E-state index is 0. The van der Waals surface area contributed by atoms with E-state index >= 15 is 0 Å². The summed E-state index contributed by atoms with van der Waals surface area (Å²) in [7, 11) is 0. The Morgan fingerprint density at radius 1 is 1.40 bits per heavy atom. The Labute approximate surface area is 92.0 Å². The van der Waals surface area contributed by atoms with E-state index in [-0.39, 0.29) is 18.2 Å². The van der Waals surface area contributed by atoms with E-state index in [4.69, 9.17) is 0 Å². The van der Waals surface area contributed by atoms with E-state index in [0.717, 1.165) is 16.0 Å². The fourth-order valence-electron chi connectivity index (χ4n) is 1.36. The molecule has 0 amide bonds. The van der Waals surface area contributed by atoms with E-state index in [0.29, 0.717) is 11.9 Å². The molecule has 0 N–H and O–H groups in total. The Morgan fingerprint density at radius 3 is 2.73 bits per heavy atom. The molecule has 1 aromatic carbocycles. The number of carbonyl (C=O) groups excluding carboxylic acids is 1. The molecule has 0 atom stereocenters. The second kappa shape index (κ2) is 4.40. The van der Waals surface area contributed by atoms with E-state index in [9.17, 15) is 9.59 Å². The minimum Gasteiger partial charge on any atom is -0.274 e. The number of rotatable bonds is 1. The van der Waals surface area contributed by atoms with Crippen molar-refractivity contribution in [3.05, 3.63) is 33.9 Å². The summed E-state index contributed by atoms with van der Waals surface area (Å²) in [6.07, 6.45) is 0.348. The van der Waals surface area contributed by atoms with Crippen molar-refractivity contribution in [3.8, 4) is 0 Å². The number of hydrogen-bond acceptors (Lipinski definition) is 3. The van der Waals surface area contributed by atoms with Crippen molar-refractivity contribution >= 4 is 27.5 Å². The monoisotopic (exact) mass is 223 g/mol. The summed E-state index contributed by atoms with van der Waals surface area (Å²) in [5.41, 5.74) is 0.717. The summed E-state index contributed by atoms with van der Waals surface area (Å²) in [6.45, 7) is 1.75. The van der Waals surface area contributed by atoms with Gasteiger partial charge in [-0.2, -0.15) is 0 Å². The zero-order chi connectivity index (χ0) is 10.1. The standard InChI is InChI=1S/C10H9NO2S.CH4/c1-2-9(12)11-7-5-3-4-6-8(7)14-10(11)13;/h3-6H,2H2,1H3;1H4. The first-order valence-corrected chi connectivity index (χ1v) is 5.19. The molecule has 0 unspecified atom stereocenters. The van der Waals surface area contributed by atoms with Gasteiger partial charge < -0.3 is 0 Å². The van der Waals surface area contributed by atoms with Gasteiger partial charge in [-0.15, -0.1) is 0 Å². The number of hydrogen-bond donors (Lipinski definition) is 0. The molecule has 0 fully saturated rings. The van der Waals surface area contributed by atoms with Crippen molar-refractivity contribution in [1.29, 1.82) is 0 Å². The van der Waals surface area contributed by atoms with Crippen molar-refractivity contribution < 1.29 is 4.79 Å². The van der Waals surface area contributed by atoms with Crippen LogP contribution >= 0.6 is 11.3 Å². The van der Waals surface area contributed by atoms with Crippen LogP contribution in [0.25, 0.3) is 10.2 Å². The molecule has 2 rings (SSSR count). The van der Waals surface area contributed by atoms with Crippen molar-refractivity contribution in [2.75, 3.05) is 0 Å². The first-order chi connectivity index (χ1) is 6.74.